The smallest absolute Gasteiger partial charge is 0.229 e. The predicted octanol–water partition coefficient (Wildman–Crippen LogP) is 2.11. The van der Waals surface area contributed by atoms with Crippen molar-refractivity contribution in [3.63, 3.8) is 0 Å². The Kier molecular flexibility index (Phi) is 5.57. The monoisotopic (exact) mass is 329 g/mol. The van der Waals surface area contributed by atoms with Gasteiger partial charge in [0.05, 0.1) is 5.41 Å². The highest BCUT2D eigenvalue weighted by Gasteiger charge is 2.43. The molecule has 0 aromatic heterocycles. The van der Waals surface area contributed by atoms with Crippen LogP contribution in [0.25, 0.3) is 0 Å². The van der Waals surface area contributed by atoms with E-state index >= 15 is 0 Å². The summed E-state index contributed by atoms with van der Waals surface area (Å²) in [5.41, 5.74) is 1.08. The van der Waals surface area contributed by atoms with Gasteiger partial charge in [0.1, 0.15) is 0 Å². The van der Waals surface area contributed by atoms with Gasteiger partial charge in [0.2, 0.25) is 5.91 Å². The van der Waals surface area contributed by atoms with Gasteiger partial charge in [-0.25, -0.2) is 0 Å². The Labute approximate surface area is 146 Å². The third-order valence-electron chi connectivity index (χ3n) is 5.79. The fraction of sp³-hybridized carbons (Fsp3) is 0.650. The van der Waals surface area contributed by atoms with Gasteiger partial charge in [-0.05, 0) is 65.0 Å². The number of benzene rings is 1. The zero-order valence-corrected chi connectivity index (χ0v) is 15.2. The van der Waals surface area contributed by atoms with Crippen molar-refractivity contribution >= 4 is 5.91 Å². The molecular formula is C20H31N3O. The molecule has 2 aliphatic heterocycles. The van der Waals surface area contributed by atoms with Crippen LogP contribution >= 0.6 is 0 Å². The number of carbonyl (C=O) groups excluding carboxylic acids is 1. The normalized spacial score (nSPS) is 23.0. The van der Waals surface area contributed by atoms with E-state index in [4.69, 9.17) is 0 Å². The van der Waals surface area contributed by atoms with Gasteiger partial charge in [0, 0.05) is 19.6 Å². The molecule has 1 aromatic carbocycles. The zero-order valence-electron chi connectivity index (χ0n) is 15.2. The second-order valence-electron chi connectivity index (χ2n) is 7.70. The fourth-order valence-electron chi connectivity index (χ4n) is 4.08. The van der Waals surface area contributed by atoms with Crippen LogP contribution in [-0.4, -0.2) is 74.0 Å². The first-order chi connectivity index (χ1) is 11.6. The summed E-state index contributed by atoms with van der Waals surface area (Å²) < 4.78 is 0. The summed E-state index contributed by atoms with van der Waals surface area (Å²) in [5.74, 6) is 0.398. The SMILES string of the molecule is CN1CCCN(C(=O)C2(Cc3ccccc3)CCN(C)CC2)CC1. The third kappa shape index (κ3) is 3.98. The average Bonchev–Trinajstić information content (AvgIpc) is 2.82. The zero-order chi connectivity index (χ0) is 17.0. The molecule has 2 fully saturated rings. The lowest BCUT2D eigenvalue weighted by Gasteiger charge is -2.42. The maximum absolute atomic E-state index is 13.5. The van der Waals surface area contributed by atoms with Crippen LogP contribution in [0.15, 0.2) is 30.3 Å². The molecule has 132 valence electrons. The number of hydrogen-bond donors (Lipinski definition) is 0. The molecule has 0 bridgehead atoms. The fourth-order valence-corrected chi connectivity index (χ4v) is 4.08. The molecule has 1 amide bonds. The Morgan fingerprint density at radius 1 is 0.917 bits per heavy atom. The second-order valence-corrected chi connectivity index (χ2v) is 7.70. The molecule has 1 aromatic rings. The standard InChI is InChI=1S/C20H31N3O/c1-21-11-6-12-23(16-15-21)19(24)20(9-13-22(2)14-10-20)17-18-7-4-3-5-8-18/h3-5,7-8H,6,9-17H2,1-2H3. The number of carbonyl (C=O) groups is 1. The summed E-state index contributed by atoms with van der Waals surface area (Å²) >= 11 is 0. The molecule has 2 saturated heterocycles. The van der Waals surface area contributed by atoms with Crippen LogP contribution in [0.3, 0.4) is 0 Å². The first kappa shape index (κ1) is 17.4. The van der Waals surface area contributed by atoms with E-state index in [1.54, 1.807) is 0 Å². The summed E-state index contributed by atoms with van der Waals surface area (Å²) in [6.07, 6.45) is 3.92. The van der Waals surface area contributed by atoms with Crippen LogP contribution in [-0.2, 0) is 11.2 Å². The number of hydrogen-bond acceptors (Lipinski definition) is 3. The van der Waals surface area contributed by atoms with Gasteiger partial charge in [-0.2, -0.15) is 0 Å². The van der Waals surface area contributed by atoms with Gasteiger partial charge in [0.25, 0.3) is 0 Å². The van der Waals surface area contributed by atoms with Gasteiger partial charge in [-0.15, -0.1) is 0 Å². The summed E-state index contributed by atoms with van der Waals surface area (Å²) in [7, 11) is 4.32. The van der Waals surface area contributed by atoms with E-state index in [0.29, 0.717) is 5.91 Å². The highest BCUT2D eigenvalue weighted by Crippen LogP contribution is 2.37. The van der Waals surface area contributed by atoms with Gasteiger partial charge in [-0.3, -0.25) is 4.79 Å². The maximum Gasteiger partial charge on any atom is 0.229 e. The minimum atomic E-state index is -0.212. The second kappa shape index (κ2) is 7.66. The van der Waals surface area contributed by atoms with E-state index in [9.17, 15) is 4.79 Å². The van der Waals surface area contributed by atoms with Gasteiger partial charge in [0.15, 0.2) is 0 Å². The van der Waals surface area contributed by atoms with Crippen molar-refractivity contribution in [1.82, 2.24) is 14.7 Å². The van der Waals surface area contributed by atoms with E-state index in [1.165, 1.54) is 5.56 Å². The van der Waals surface area contributed by atoms with Crippen molar-refractivity contribution in [3.8, 4) is 0 Å². The van der Waals surface area contributed by atoms with Crippen molar-refractivity contribution in [2.45, 2.75) is 25.7 Å². The van der Waals surface area contributed by atoms with Crippen molar-refractivity contribution < 1.29 is 4.79 Å². The molecule has 0 aliphatic carbocycles. The van der Waals surface area contributed by atoms with Crippen LogP contribution in [0.1, 0.15) is 24.8 Å². The third-order valence-corrected chi connectivity index (χ3v) is 5.79. The highest BCUT2D eigenvalue weighted by molar-refractivity contribution is 5.83. The number of rotatable bonds is 3. The largest absolute Gasteiger partial charge is 0.341 e. The van der Waals surface area contributed by atoms with Crippen LogP contribution in [0.4, 0.5) is 0 Å². The Bertz CT molecular complexity index is 537. The molecule has 0 spiro atoms. The topological polar surface area (TPSA) is 26.8 Å². The van der Waals surface area contributed by atoms with E-state index in [0.717, 1.165) is 65.0 Å². The van der Waals surface area contributed by atoms with E-state index in [-0.39, 0.29) is 5.41 Å². The van der Waals surface area contributed by atoms with Crippen LogP contribution in [0.2, 0.25) is 0 Å². The molecule has 2 aliphatic rings. The molecule has 3 rings (SSSR count). The van der Waals surface area contributed by atoms with Gasteiger partial charge < -0.3 is 14.7 Å². The predicted molar refractivity (Wildman–Crippen MR) is 98.0 cm³/mol. The van der Waals surface area contributed by atoms with Gasteiger partial charge in [-0.1, -0.05) is 30.3 Å². The maximum atomic E-state index is 13.5. The first-order valence-corrected chi connectivity index (χ1v) is 9.29. The summed E-state index contributed by atoms with van der Waals surface area (Å²) in [4.78, 5) is 20.4. The minimum Gasteiger partial charge on any atom is -0.341 e. The summed E-state index contributed by atoms with van der Waals surface area (Å²) in [5, 5.41) is 0. The van der Waals surface area contributed by atoms with Crippen molar-refractivity contribution in [2.75, 3.05) is 53.4 Å². The Hall–Kier alpha value is -1.39. The molecule has 4 heteroatoms. The minimum absolute atomic E-state index is 0.212. The molecular weight excluding hydrogens is 298 g/mol. The molecule has 0 unspecified atom stereocenters. The highest BCUT2D eigenvalue weighted by atomic mass is 16.2. The molecule has 0 radical (unpaired) electrons. The molecule has 0 saturated carbocycles. The van der Waals surface area contributed by atoms with E-state index in [1.807, 2.05) is 0 Å². The molecule has 2 heterocycles. The van der Waals surface area contributed by atoms with Crippen LogP contribution in [0.5, 0.6) is 0 Å². The molecule has 0 atom stereocenters. The Morgan fingerprint density at radius 2 is 1.58 bits per heavy atom. The van der Waals surface area contributed by atoms with Crippen molar-refractivity contribution in [3.05, 3.63) is 35.9 Å². The molecule has 0 N–H and O–H groups in total. The quantitative estimate of drug-likeness (QED) is 0.850. The molecule has 24 heavy (non-hydrogen) atoms. The lowest BCUT2D eigenvalue weighted by molar-refractivity contribution is -0.145. The lowest BCUT2D eigenvalue weighted by atomic mass is 9.72. The number of amides is 1. The van der Waals surface area contributed by atoms with Crippen LogP contribution < -0.4 is 0 Å². The van der Waals surface area contributed by atoms with Crippen molar-refractivity contribution in [1.29, 1.82) is 0 Å². The first-order valence-electron chi connectivity index (χ1n) is 9.29. The summed E-state index contributed by atoms with van der Waals surface area (Å²) in [6.45, 7) is 5.92. The number of nitrogens with zero attached hydrogens (tertiary/aromatic N) is 3. The Morgan fingerprint density at radius 3 is 2.29 bits per heavy atom. The summed E-state index contributed by atoms with van der Waals surface area (Å²) in [6, 6.07) is 10.6. The average molecular weight is 329 g/mol. The van der Waals surface area contributed by atoms with E-state index < -0.39 is 0 Å². The Balaban J connectivity index is 1.79. The lowest BCUT2D eigenvalue weighted by Crippen LogP contribution is -2.51. The van der Waals surface area contributed by atoms with Crippen LogP contribution in [0, 0.1) is 5.41 Å². The van der Waals surface area contributed by atoms with E-state index in [2.05, 4.69) is 59.1 Å². The number of likely N-dealkylation sites (tertiary alicyclic amines) is 1. The number of likely N-dealkylation sites (N-methyl/N-ethyl adjacent to an activating group) is 1. The number of piperidine rings is 1. The van der Waals surface area contributed by atoms with Crippen molar-refractivity contribution in [2.24, 2.45) is 5.41 Å². The molecule has 4 nitrogen and oxygen atoms in total. The van der Waals surface area contributed by atoms with Gasteiger partial charge >= 0.3 is 0 Å².